The first-order valence-corrected chi connectivity index (χ1v) is 9.83. The normalized spacial score (nSPS) is 14.0. The van der Waals surface area contributed by atoms with Crippen LogP contribution < -0.4 is 4.74 Å². The number of aromatic amines is 2. The molecule has 150 valence electrons. The molecule has 2 N–H and O–H groups in total. The zero-order chi connectivity index (χ0) is 20.5. The Kier molecular flexibility index (Phi) is 4.55. The highest BCUT2D eigenvalue weighted by Crippen LogP contribution is 2.30. The van der Waals surface area contributed by atoms with Gasteiger partial charge in [0, 0.05) is 42.0 Å². The molecule has 1 aliphatic rings. The highest BCUT2D eigenvalue weighted by Gasteiger charge is 2.24. The van der Waals surface area contributed by atoms with Gasteiger partial charge in [0.25, 0.3) is 5.91 Å². The zero-order valence-corrected chi connectivity index (χ0v) is 16.6. The van der Waals surface area contributed by atoms with E-state index in [1.54, 1.807) is 19.5 Å². The van der Waals surface area contributed by atoms with E-state index >= 15 is 0 Å². The lowest BCUT2D eigenvalue weighted by atomic mass is 9.99. The molecule has 0 unspecified atom stereocenters. The van der Waals surface area contributed by atoms with Gasteiger partial charge in [0.15, 0.2) is 0 Å². The van der Waals surface area contributed by atoms with Crippen LogP contribution in [-0.4, -0.2) is 51.2 Å². The summed E-state index contributed by atoms with van der Waals surface area (Å²) in [5, 5.41) is 8.19. The number of rotatable bonds is 4. The fraction of sp³-hybridized carbons (Fsp3) is 0.174. The molecule has 0 atom stereocenters. The molecule has 1 aliphatic heterocycles. The van der Waals surface area contributed by atoms with Crippen molar-refractivity contribution in [1.29, 1.82) is 0 Å². The summed E-state index contributed by atoms with van der Waals surface area (Å²) in [5.41, 5.74) is 5.48. The minimum atomic E-state index is -0.0227. The van der Waals surface area contributed by atoms with E-state index in [4.69, 9.17) is 4.74 Å². The van der Waals surface area contributed by atoms with Crippen molar-refractivity contribution in [2.45, 2.75) is 6.42 Å². The van der Waals surface area contributed by atoms with Crippen LogP contribution in [0.2, 0.25) is 0 Å². The van der Waals surface area contributed by atoms with Crippen LogP contribution in [0, 0.1) is 0 Å². The van der Waals surface area contributed by atoms with E-state index in [1.807, 2.05) is 41.4 Å². The minimum Gasteiger partial charge on any atom is -0.497 e. The van der Waals surface area contributed by atoms with E-state index in [-0.39, 0.29) is 5.91 Å². The summed E-state index contributed by atoms with van der Waals surface area (Å²) in [4.78, 5) is 22.6. The molecule has 7 heteroatoms. The van der Waals surface area contributed by atoms with E-state index in [0.29, 0.717) is 18.7 Å². The first kappa shape index (κ1) is 18.2. The minimum absolute atomic E-state index is 0.0227. The van der Waals surface area contributed by atoms with E-state index in [1.165, 1.54) is 5.57 Å². The van der Waals surface area contributed by atoms with Crippen molar-refractivity contribution in [2.75, 3.05) is 20.2 Å². The Morgan fingerprint density at radius 2 is 2.07 bits per heavy atom. The molecule has 30 heavy (non-hydrogen) atoms. The van der Waals surface area contributed by atoms with Crippen LogP contribution in [0.1, 0.15) is 22.3 Å². The zero-order valence-electron chi connectivity index (χ0n) is 16.6. The molecule has 0 fully saturated rings. The number of carbonyl (C=O) groups is 1. The molecule has 1 aromatic carbocycles. The molecule has 3 aromatic heterocycles. The maximum Gasteiger partial charge on any atom is 0.257 e. The lowest BCUT2D eigenvalue weighted by molar-refractivity contribution is 0.0773. The lowest BCUT2D eigenvalue weighted by Gasteiger charge is -2.26. The highest BCUT2D eigenvalue weighted by molar-refractivity contribution is 6.00. The summed E-state index contributed by atoms with van der Waals surface area (Å²) >= 11 is 0. The Balaban J connectivity index is 1.37. The van der Waals surface area contributed by atoms with Crippen molar-refractivity contribution in [2.24, 2.45) is 0 Å². The Labute approximate surface area is 173 Å². The molecular weight excluding hydrogens is 378 g/mol. The van der Waals surface area contributed by atoms with Gasteiger partial charge in [0.05, 0.1) is 24.6 Å². The number of carbonyl (C=O) groups excluding carboxylic acids is 1. The fourth-order valence-corrected chi connectivity index (χ4v) is 3.92. The van der Waals surface area contributed by atoms with Gasteiger partial charge in [0.2, 0.25) is 0 Å². The third kappa shape index (κ3) is 3.14. The Morgan fingerprint density at radius 3 is 2.83 bits per heavy atom. The highest BCUT2D eigenvalue weighted by atomic mass is 16.5. The second-order valence-corrected chi connectivity index (χ2v) is 7.22. The first-order valence-electron chi connectivity index (χ1n) is 9.83. The van der Waals surface area contributed by atoms with Crippen molar-refractivity contribution >= 4 is 22.5 Å². The van der Waals surface area contributed by atoms with Gasteiger partial charge >= 0.3 is 0 Å². The predicted molar refractivity (Wildman–Crippen MR) is 115 cm³/mol. The Morgan fingerprint density at radius 1 is 1.20 bits per heavy atom. The van der Waals surface area contributed by atoms with Crippen molar-refractivity contribution in [3.05, 3.63) is 72.2 Å². The third-order valence-electron chi connectivity index (χ3n) is 5.54. The Hall–Kier alpha value is -3.87. The van der Waals surface area contributed by atoms with E-state index in [2.05, 4.69) is 32.3 Å². The van der Waals surface area contributed by atoms with Crippen molar-refractivity contribution in [3.8, 4) is 17.0 Å². The molecule has 0 saturated heterocycles. The third-order valence-corrected chi connectivity index (χ3v) is 5.54. The maximum absolute atomic E-state index is 13.2. The quantitative estimate of drug-likeness (QED) is 0.545. The summed E-state index contributed by atoms with van der Waals surface area (Å²) in [5.74, 6) is 0.748. The summed E-state index contributed by atoms with van der Waals surface area (Å²) in [6.07, 6.45) is 8.31. The van der Waals surface area contributed by atoms with Gasteiger partial charge in [-0.05, 0) is 48.4 Å². The molecule has 4 aromatic rings. The van der Waals surface area contributed by atoms with E-state index in [9.17, 15) is 4.79 Å². The standard InChI is InChI=1S/C23H21N5O2/c1-30-17-6-4-16(5-7-17)21-20(14-26-27-21)23(29)28-11-8-15(9-12-28)19-13-25-22-18(19)3-2-10-24-22/h2-8,10,13-14H,9,11-12H2,1H3,(H,24,25)(H,26,27). The second-order valence-electron chi connectivity index (χ2n) is 7.22. The number of methoxy groups -OCH3 is 1. The number of aromatic nitrogens is 4. The van der Waals surface area contributed by atoms with E-state index in [0.717, 1.165) is 40.0 Å². The van der Waals surface area contributed by atoms with Crippen molar-refractivity contribution in [3.63, 3.8) is 0 Å². The van der Waals surface area contributed by atoms with E-state index < -0.39 is 0 Å². The second kappa shape index (κ2) is 7.51. The van der Waals surface area contributed by atoms with Gasteiger partial charge in [-0.25, -0.2) is 4.98 Å². The smallest absolute Gasteiger partial charge is 0.257 e. The monoisotopic (exact) mass is 399 g/mol. The molecule has 0 aliphatic carbocycles. The fourth-order valence-electron chi connectivity index (χ4n) is 3.92. The largest absolute Gasteiger partial charge is 0.497 e. The number of hydrogen-bond donors (Lipinski definition) is 2. The first-order chi connectivity index (χ1) is 14.7. The molecule has 5 rings (SSSR count). The summed E-state index contributed by atoms with van der Waals surface area (Å²) in [6, 6.07) is 11.6. The molecule has 4 heterocycles. The van der Waals surface area contributed by atoms with Crippen molar-refractivity contribution in [1.82, 2.24) is 25.1 Å². The predicted octanol–water partition coefficient (Wildman–Crippen LogP) is 3.89. The molecule has 0 bridgehead atoms. The molecule has 0 saturated carbocycles. The van der Waals surface area contributed by atoms with Gasteiger partial charge in [-0.15, -0.1) is 0 Å². The van der Waals surface area contributed by atoms with Gasteiger partial charge < -0.3 is 14.6 Å². The number of pyridine rings is 1. The lowest BCUT2D eigenvalue weighted by Crippen LogP contribution is -2.34. The summed E-state index contributed by atoms with van der Waals surface area (Å²) in [7, 11) is 1.63. The number of hydrogen-bond acceptors (Lipinski definition) is 4. The molecule has 7 nitrogen and oxygen atoms in total. The molecule has 1 amide bonds. The van der Waals surface area contributed by atoms with Crippen LogP contribution in [-0.2, 0) is 0 Å². The number of H-pyrrole nitrogens is 2. The van der Waals surface area contributed by atoms with Gasteiger partial charge in [-0.2, -0.15) is 5.10 Å². The van der Waals surface area contributed by atoms with Crippen LogP contribution in [0.3, 0.4) is 0 Å². The number of ether oxygens (including phenoxy) is 1. The van der Waals surface area contributed by atoms with Crippen LogP contribution in [0.5, 0.6) is 5.75 Å². The van der Waals surface area contributed by atoms with Crippen LogP contribution in [0.25, 0.3) is 27.9 Å². The maximum atomic E-state index is 13.2. The number of nitrogens with one attached hydrogen (secondary N) is 2. The van der Waals surface area contributed by atoms with Crippen LogP contribution >= 0.6 is 0 Å². The topological polar surface area (TPSA) is 86.9 Å². The van der Waals surface area contributed by atoms with Gasteiger partial charge in [-0.1, -0.05) is 6.08 Å². The summed E-state index contributed by atoms with van der Waals surface area (Å²) in [6.45, 7) is 1.22. The average molecular weight is 399 g/mol. The van der Waals surface area contributed by atoms with Gasteiger partial charge in [0.1, 0.15) is 11.4 Å². The molecule has 0 spiro atoms. The number of amides is 1. The Bertz CT molecular complexity index is 1240. The molecule has 0 radical (unpaired) electrons. The summed E-state index contributed by atoms with van der Waals surface area (Å²) < 4.78 is 5.21. The van der Waals surface area contributed by atoms with Crippen LogP contribution in [0.4, 0.5) is 0 Å². The van der Waals surface area contributed by atoms with Gasteiger partial charge in [-0.3, -0.25) is 9.89 Å². The number of benzene rings is 1. The van der Waals surface area contributed by atoms with Crippen LogP contribution in [0.15, 0.2) is 61.1 Å². The average Bonchev–Trinajstić information content (AvgIpc) is 3.46. The SMILES string of the molecule is COc1ccc(-c2[nH]ncc2C(=O)N2CC=C(c3c[nH]c4ncccc34)CC2)cc1. The van der Waals surface area contributed by atoms with Crippen molar-refractivity contribution < 1.29 is 9.53 Å². The number of nitrogens with zero attached hydrogens (tertiary/aromatic N) is 3. The molecular formula is C23H21N5O2. The number of fused-ring (bicyclic) bond motifs is 1.